The van der Waals surface area contributed by atoms with Gasteiger partial charge >= 0.3 is 6.03 Å². The third-order valence-corrected chi connectivity index (χ3v) is 7.36. The van der Waals surface area contributed by atoms with Crippen LogP contribution in [0.5, 0.6) is 0 Å². The lowest BCUT2D eigenvalue weighted by Crippen LogP contribution is -2.51. The van der Waals surface area contributed by atoms with Gasteiger partial charge in [0.15, 0.2) is 5.78 Å². The van der Waals surface area contributed by atoms with E-state index in [1.54, 1.807) is 51.2 Å². The molecule has 0 radical (unpaired) electrons. The molecule has 3 heterocycles. The topological polar surface area (TPSA) is 107 Å². The number of hydrogen-bond donors (Lipinski definition) is 2. The van der Waals surface area contributed by atoms with E-state index in [4.69, 9.17) is 4.99 Å². The van der Waals surface area contributed by atoms with Gasteiger partial charge in [0, 0.05) is 41.6 Å². The van der Waals surface area contributed by atoms with Crippen LogP contribution >= 0.6 is 0 Å². The minimum atomic E-state index is -1.31. The van der Waals surface area contributed by atoms with Gasteiger partial charge in [-0.1, -0.05) is 51.1 Å². The van der Waals surface area contributed by atoms with Gasteiger partial charge in [-0.15, -0.1) is 0 Å². The lowest BCUT2D eigenvalue weighted by Gasteiger charge is -2.31. The Hall–Kier alpha value is -4.53. The van der Waals surface area contributed by atoms with E-state index in [2.05, 4.69) is 20.5 Å². The lowest BCUT2D eigenvalue weighted by atomic mass is 9.90. The van der Waals surface area contributed by atoms with E-state index in [-0.39, 0.29) is 12.3 Å². The fraction of sp³-hybridized carbons (Fsp3) is 0.344. The van der Waals surface area contributed by atoms with Crippen LogP contribution in [0.25, 0.3) is 0 Å². The molecule has 5 rings (SSSR count). The Bertz CT molecular complexity index is 1460. The van der Waals surface area contributed by atoms with Gasteiger partial charge in [-0.2, -0.15) is 0 Å². The van der Waals surface area contributed by atoms with E-state index in [9.17, 15) is 14.4 Å². The standard InChI is InChI=1S/C32H36N6O3/c1-32(2,3)27(39)21-38(31(41)34-22-12-11-13-23(20-22)37-18-9-4-10-19-37)29-30(40)35-25-15-6-5-14-24(25)28(36-29)26-16-7-8-17-33-26/h5-8,11-17,20,29H,4,9-10,18-19,21H2,1-3H3,(H,34,41)(H,35,40)/t29-/m1/s1. The highest BCUT2D eigenvalue weighted by molar-refractivity contribution is 6.19. The van der Waals surface area contributed by atoms with E-state index >= 15 is 0 Å². The molecule has 0 unspecified atom stereocenters. The van der Waals surface area contributed by atoms with Crippen LogP contribution in [0.2, 0.25) is 0 Å². The zero-order valence-corrected chi connectivity index (χ0v) is 23.8. The number of carbonyl (C=O) groups is 3. The molecule has 3 amide bonds. The average molecular weight is 553 g/mol. The summed E-state index contributed by atoms with van der Waals surface area (Å²) in [6.07, 6.45) is 3.83. The first-order valence-corrected chi connectivity index (χ1v) is 14.1. The van der Waals surface area contributed by atoms with Gasteiger partial charge in [-0.25, -0.2) is 9.79 Å². The average Bonchev–Trinajstić information content (AvgIpc) is 3.12. The Labute approximate surface area is 240 Å². The number of anilines is 3. The minimum Gasteiger partial charge on any atom is -0.371 e. The fourth-order valence-electron chi connectivity index (χ4n) is 4.95. The van der Waals surface area contributed by atoms with Crippen LogP contribution in [0.15, 0.2) is 77.9 Å². The second kappa shape index (κ2) is 11.9. The van der Waals surface area contributed by atoms with Crippen molar-refractivity contribution in [2.75, 3.05) is 35.2 Å². The summed E-state index contributed by atoms with van der Waals surface area (Å²) in [5.41, 5.74) is 3.12. The van der Waals surface area contributed by atoms with Crippen LogP contribution in [-0.4, -0.2) is 59.1 Å². The molecular weight excluding hydrogens is 516 g/mol. The Morgan fingerprint density at radius 1 is 1.00 bits per heavy atom. The maximum Gasteiger partial charge on any atom is 0.324 e. The Morgan fingerprint density at radius 2 is 1.76 bits per heavy atom. The van der Waals surface area contributed by atoms with E-state index in [1.165, 1.54) is 11.3 Å². The molecule has 0 aliphatic carbocycles. The molecule has 0 spiro atoms. The van der Waals surface area contributed by atoms with Crippen molar-refractivity contribution in [3.63, 3.8) is 0 Å². The third kappa shape index (κ3) is 6.45. The molecule has 1 fully saturated rings. The molecule has 1 aromatic heterocycles. The molecule has 1 atom stereocenters. The zero-order chi connectivity index (χ0) is 29.0. The minimum absolute atomic E-state index is 0.195. The number of nitrogens with one attached hydrogen (secondary N) is 2. The number of rotatable bonds is 6. The maximum atomic E-state index is 13.9. The summed E-state index contributed by atoms with van der Waals surface area (Å²) >= 11 is 0. The number of benzene rings is 2. The van der Waals surface area contributed by atoms with Gasteiger partial charge in [-0.3, -0.25) is 19.5 Å². The summed E-state index contributed by atoms with van der Waals surface area (Å²) in [5.74, 6) is -0.707. The molecular formula is C32H36N6O3. The SMILES string of the molecule is CC(C)(C)C(=O)CN(C(=O)Nc1cccc(N2CCCCC2)c1)[C@H]1N=C(c2ccccn2)c2ccccc2NC1=O. The number of aliphatic imine (C=N–C) groups is 1. The molecule has 41 heavy (non-hydrogen) atoms. The Kier molecular flexibility index (Phi) is 8.14. The predicted molar refractivity (Wildman–Crippen MR) is 161 cm³/mol. The molecule has 2 aromatic carbocycles. The van der Waals surface area contributed by atoms with Gasteiger partial charge in [0.2, 0.25) is 6.17 Å². The largest absolute Gasteiger partial charge is 0.371 e. The second-order valence-electron chi connectivity index (χ2n) is 11.4. The first-order valence-electron chi connectivity index (χ1n) is 14.1. The van der Waals surface area contributed by atoms with Gasteiger partial charge < -0.3 is 15.5 Å². The molecule has 9 nitrogen and oxygen atoms in total. The van der Waals surface area contributed by atoms with E-state index in [0.717, 1.165) is 31.6 Å². The quantitative estimate of drug-likeness (QED) is 0.430. The molecule has 2 aliphatic rings. The number of para-hydroxylation sites is 1. The number of hydrogen-bond acceptors (Lipinski definition) is 6. The summed E-state index contributed by atoms with van der Waals surface area (Å²) in [5, 5.41) is 5.85. The van der Waals surface area contributed by atoms with Crippen molar-refractivity contribution in [1.82, 2.24) is 9.88 Å². The summed E-state index contributed by atoms with van der Waals surface area (Å²) in [4.78, 5) is 53.7. The van der Waals surface area contributed by atoms with Crippen LogP contribution in [0.4, 0.5) is 21.9 Å². The first kappa shape index (κ1) is 28.0. The van der Waals surface area contributed by atoms with Crippen molar-refractivity contribution in [3.05, 3.63) is 84.2 Å². The number of benzodiazepines with no additional fused rings is 1. The highest BCUT2D eigenvalue weighted by Gasteiger charge is 2.37. The van der Waals surface area contributed by atoms with Gasteiger partial charge in [-0.05, 0) is 55.7 Å². The number of pyridine rings is 1. The molecule has 9 heteroatoms. The molecule has 1 saturated heterocycles. The summed E-state index contributed by atoms with van der Waals surface area (Å²) < 4.78 is 0. The number of aromatic nitrogens is 1. The van der Waals surface area contributed by atoms with Crippen molar-refractivity contribution < 1.29 is 14.4 Å². The van der Waals surface area contributed by atoms with E-state index < -0.39 is 23.5 Å². The maximum absolute atomic E-state index is 13.9. The predicted octanol–water partition coefficient (Wildman–Crippen LogP) is 5.34. The second-order valence-corrected chi connectivity index (χ2v) is 11.4. The number of ketones is 1. The number of fused-ring (bicyclic) bond motifs is 1. The van der Waals surface area contributed by atoms with E-state index in [1.807, 2.05) is 42.5 Å². The Morgan fingerprint density at radius 3 is 2.49 bits per heavy atom. The third-order valence-electron chi connectivity index (χ3n) is 7.36. The van der Waals surface area contributed by atoms with Crippen LogP contribution in [0.1, 0.15) is 51.3 Å². The number of Topliss-reactive ketones (excluding diaryl/α,β-unsaturated/α-hetero) is 1. The highest BCUT2D eigenvalue weighted by Crippen LogP contribution is 2.27. The number of piperidine rings is 1. The number of carbonyl (C=O) groups excluding carboxylic acids is 3. The first-order chi connectivity index (χ1) is 19.7. The fourth-order valence-corrected chi connectivity index (χ4v) is 4.95. The van der Waals surface area contributed by atoms with Crippen molar-refractivity contribution >= 4 is 40.5 Å². The van der Waals surface area contributed by atoms with E-state index in [0.29, 0.717) is 28.3 Å². The summed E-state index contributed by atoms with van der Waals surface area (Å²) in [7, 11) is 0. The Balaban J connectivity index is 1.52. The molecule has 0 bridgehead atoms. The monoisotopic (exact) mass is 552 g/mol. The smallest absolute Gasteiger partial charge is 0.324 e. The van der Waals surface area contributed by atoms with Gasteiger partial charge in [0.1, 0.15) is 0 Å². The summed E-state index contributed by atoms with van der Waals surface area (Å²) in [6.45, 7) is 7.01. The van der Waals surface area contributed by atoms with Crippen LogP contribution in [0, 0.1) is 5.41 Å². The molecule has 2 aliphatic heterocycles. The van der Waals surface area contributed by atoms with Crippen LogP contribution < -0.4 is 15.5 Å². The van der Waals surface area contributed by atoms with Gasteiger partial charge in [0.25, 0.3) is 5.91 Å². The summed E-state index contributed by atoms with van der Waals surface area (Å²) in [6, 6.07) is 19.8. The molecule has 3 aromatic rings. The van der Waals surface area contributed by atoms with Crippen molar-refractivity contribution in [2.45, 2.75) is 46.2 Å². The van der Waals surface area contributed by atoms with Crippen molar-refractivity contribution in [2.24, 2.45) is 10.4 Å². The number of urea groups is 1. The zero-order valence-electron chi connectivity index (χ0n) is 23.8. The normalized spacial score (nSPS) is 17.0. The molecule has 2 N–H and O–H groups in total. The van der Waals surface area contributed by atoms with Crippen LogP contribution in [0.3, 0.4) is 0 Å². The van der Waals surface area contributed by atoms with Crippen molar-refractivity contribution in [3.8, 4) is 0 Å². The van der Waals surface area contributed by atoms with Gasteiger partial charge in [0.05, 0.1) is 23.6 Å². The highest BCUT2D eigenvalue weighted by atomic mass is 16.2. The molecule has 212 valence electrons. The molecule has 0 saturated carbocycles. The van der Waals surface area contributed by atoms with Crippen molar-refractivity contribution in [1.29, 1.82) is 0 Å². The number of nitrogens with zero attached hydrogens (tertiary/aromatic N) is 4. The number of amides is 3. The van der Waals surface area contributed by atoms with Crippen LogP contribution in [-0.2, 0) is 9.59 Å². The lowest BCUT2D eigenvalue weighted by molar-refractivity contribution is -0.128.